The Hall–Kier alpha value is -1.78. The molecule has 2 rings (SSSR count). The lowest BCUT2D eigenvalue weighted by Crippen LogP contribution is -3.12. The van der Waals surface area contributed by atoms with Gasteiger partial charge in [-0.3, -0.25) is 4.79 Å². The summed E-state index contributed by atoms with van der Waals surface area (Å²) in [5.41, 5.74) is 2.13. The van der Waals surface area contributed by atoms with E-state index < -0.39 is 0 Å². The van der Waals surface area contributed by atoms with Gasteiger partial charge in [-0.15, -0.1) is 11.8 Å². The third kappa shape index (κ3) is 4.36. The van der Waals surface area contributed by atoms with Crippen LogP contribution in [-0.2, 0) is 11.3 Å². The molecule has 2 aromatic rings. The summed E-state index contributed by atoms with van der Waals surface area (Å²) < 4.78 is 0. The van der Waals surface area contributed by atoms with Gasteiger partial charge in [0, 0.05) is 10.5 Å². The number of rotatable bonds is 6. The van der Waals surface area contributed by atoms with E-state index in [4.69, 9.17) is 0 Å². The summed E-state index contributed by atoms with van der Waals surface area (Å²) in [5.74, 6) is 0.0509. The molecule has 0 fully saturated rings. The number of carbonyl (C=O) groups excluding carboxylic acids is 1. The zero-order valence-electron chi connectivity index (χ0n) is 13.3. The van der Waals surface area contributed by atoms with Crippen LogP contribution >= 0.6 is 11.8 Å². The van der Waals surface area contributed by atoms with Crippen molar-refractivity contribution in [3.8, 4) is 0 Å². The average molecular weight is 315 g/mol. The first-order valence-electron chi connectivity index (χ1n) is 7.42. The molecule has 2 aromatic carbocycles. The maximum Gasteiger partial charge on any atom is 0.282 e. The van der Waals surface area contributed by atoms with Gasteiger partial charge in [0.1, 0.15) is 6.54 Å². The number of quaternary nitrogens is 1. The molecule has 2 N–H and O–H groups in total. The second-order valence-electron chi connectivity index (χ2n) is 5.42. The number of thioether (sulfide) groups is 1. The average Bonchev–Trinajstić information content (AvgIpc) is 2.55. The summed E-state index contributed by atoms with van der Waals surface area (Å²) in [5, 5.41) is 3.05. The molecular formula is C18H23N2OS+. The van der Waals surface area contributed by atoms with Crippen molar-refractivity contribution in [3.05, 3.63) is 60.2 Å². The highest BCUT2D eigenvalue weighted by molar-refractivity contribution is 7.98. The van der Waals surface area contributed by atoms with Gasteiger partial charge in [-0.05, 0) is 25.3 Å². The Kier molecular flexibility index (Phi) is 6.04. The predicted molar refractivity (Wildman–Crippen MR) is 93.3 cm³/mol. The quantitative estimate of drug-likeness (QED) is 0.803. The number of nitrogens with one attached hydrogen (secondary N) is 2. The van der Waals surface area contributed by atoms with Crippen molar-refractivity contribution in [2.45, 2.75) is 24.4 Å². The summed E-state index contributed by atoms with van der Waals surface area (Å²) in [6.07, 6.45) is 2.02. The van der Waals surface area contributed by atoms with Crippen LogP contribution < -0.4 is 10.2 Å². The SMILES string of the molecule is CSc1ccccc1NC(=O)[C@H](C)[NH+](C)Cc1ccccc1. The molecule has 0 heterocycles. The number of hydrogen-bond acceptors (Lipinski definition) is 2. The zero-order valence-corrected chi connectivity index (χ0v) is 14.1. The van der Waals surface area contributed by atoms with Gasteiger partial charge in [0.15, 0.2) is 6.04 Å². The highest BCUT2D eigenvalue weighted by Gasteiger charge is 2.22. The Morgan fingerprint density at radius 1 is 1.14 bits per heavy atom. The Morgan fingerprint density at radius 2 is 1.77 bits per heavy atom. The van der Waals surface area contributed by atoms with Crippen LogP contribution in [0.1, 0.15) is 12.5 Å². The number of amides is 1. The van der Waals surface area contributed by atoms with E-state index in [9.17, 15) is 4.79 Å². The van der Waals surface area contributed by atoms with Crippen LogP contribution in [0.4, 0.5) is 5.69 Å². The molecule has 116 valence electrons. The van der Waals surface area contributed by atoms with Gasteiger partial charge in [0.2, 0.25) is 0 Å². The fraction of sp³-hybridized carbons (Fsp3) is 0.278. The largest absolute Gasteiger partial charge is 0.324 e. The van der Waals surface area contributed by atoms with Gasteiger partial charge in [-0.2, -0.15) is 0 Å². The molecule has 0 aliphatic carbocycles. The van der Waals surface area contributed by atoms with Gasteiger partial charge in [0.25, 0.3) is 5.91 Å². The maximum absolute atomic E-state index is 12.5. The van der Waals surface area contributed by atoms with Crippen molar-refractivity contribution in [2.75, 3.05) is 18.6 Å². The number of para-hydroxylation sites is 1. The van der Waals surface area contributed by atoms with Gasteiger partial charge in [0.05, 0.1) is 12.7 Å². The maximum atomic E-state index is 12.5. The first-order chi connectivity index (χ1) is 10.6. The summed E-state index contributed by atoms with van der Waals surface area (Å²) >= 11 is 1.64. The number of likely N-dealkylation sites (N-methyl/N-ethyl adjacent to an activating group) is 1. The van der Waals surface area contributed by atoms with Crippen LogP contribution in [0.15, 0.2) is 59.5 Å². The van der Waals surface area contributed by atoms with E-state index in [1.54, 1.807) is 11.8 Å². The van der Waals surface area contributed by atoms with E-state index in [-0.39, 0.29) is 11.9 Å². The second-order valence-corrected chi connectivity index (χ2v) is 6.27. The summed E-state index contributed by atoms with van der Waals surface area (Å²) in [6, 6.07) is 18.0. The highest BCUT2D eigenvalue weighted by atomic mass is 32.2. The van der Waals surface area contributed by atoms with Crippen LogP contribution in [0.5, 0.6) is 0 Å². The zero-order chi connectivity index (χ0) is 15.9. The van der Waals surface area contributed by atoms with E-state index in [2.05, 4.69) is 24.5 Å². The number of anilines is 1. The van der Waals surface area contributed by atoms with E-state index >= 15 is 0 Å². The van der Waals surface area contributed by atoms with Gasteiger partial charge < -0.3 is 10.2 Å². The lowest BCUT2D eigenvalue weighted by atomic mass is 10.2. The van der Waals surface area contributed by atoms with Crippen LogP contribution in [0.3, 0.4) is 0 Å². The van der Waals surface area contributed by atoms with Crippen LogP contribution in [0.25, 0.3) is 0 Å². The molecule has 2 atom stereocenters. The van der Waals surface area contributed by atoms with Crippen molar-refractivity contribution in [1.82, 2.24) is 0 Å². The topological polar surface area (TPSA) is 33.5 Å². The van der Waals surface area contributed by atoms with E-state index in [1.165, 1.54) is 10.5 Å². The first kappa shape index (κ1) is 16.6. The minimum absolute atomic E-state index is 0.0509. The molecule has 0 saturated carbocycles. The summed E-state index contributed by atoms with van der Waals surface area (Å²) in [7, 11) is 2.05. The van der Waals surface area contributed by atoms with Crippen LogP contribution in [0, 0.1) is 0 Å². The smallest absolute Gasteiger partial charge is 0.282 e. The Labute approximate surface area is 136 Å². The van der Waals surface area contributed by atoms with Gasteiger partial charge in [-0.25, -0.2) is 0 Å². The number of hydrogen-bond donors (Lipinski definition) is 2. The third-order valence-corrected chi connectivity index (χ3v) is 4.62. The molecule has 0 radical (unpaired) electrons. The first-order valence-corrected chi connectivity index (χ1v) is 8.64. The van der Waals surface area contributed by atoms with Crippen molar-refractivity contribution in [2.24, 2.45) is 0 Å². The lowest BCUT2D eigenvalue weighted by Gasteiger charge is -2.21. The lowest BCUT2D eigenvalue weighted by molar-refractivity contribution is -0.907. The molecule has 0 aromatic heterocycles. The molecule has 3 nitrogen and oxygen atoms in total. The van der Waals surface area contributed by atoms with E-state index in [0.29, 0.717) is 0 Å². The van der Waals surface area contributed by atoms with Crippen LogP contribution in [0.2, 0.25) is 0 Å². The molecule has 4 heteroatoms. The minimum Gasteiger partial charge on any atom is -0.324 e. The minimum atomic E-state index is -0.116. The standard InChI is InChI=1S/C18H22N2OS/c1-14(20(2)13-15-9-5-4-6-10-15)18(21)19-16-11-7-8-12-17(16)22-3/h4-12,14H,13H2,1-3H3,(H,19,21)/p+1/t14-/m0/s1. The van der Waals surface area contributed by atoms with Gasteiger partial charge in [-0.1, -0.05) is 42.5 Å². The Morgan fingerprint density at radius 3 is 2.45 bits per heavy atom. The third-order valence-electron chi connectivity index (χ3n) is 3.82. The predicted octanol–water partition coefficient (Wildman–Crippen LogP) is 2.45. The monoisotopic (exact) mass is 315 g/mol. The molecule has 0 aliphatic heterocycles. The molecule has 1 unspecified atom stereocenters. The molecule has 0 saturated heterocycles. The Balaban J connectivity index is 1.99. The fourth-order valence-electron chi connectivity index (χ4n) is 2.28. The van der Waals surface area contributed by atoms with Crippen molar-refractivity contribution < 1.29 is 9.69 Å². The summed E-state index contributed by atoms with van der Waals surface area (Å²) in [6.45, 7) is 2.80. The molecule has 1 amide bonds. The molecular weight excluding hydrogens is 292 g/mol. The van der Waals surface area contributed by atoms with Crippen molar-refractivity contribution >= 4 is 23.4 Å². The number of benzene rings is 2. The van der Waals surface area contributed by atoms with Gasteiger partial charge >= 0.3 is 0 Å². The molecule has 0 bridgehead atoms. The second kappa shape index (κ2) is 8.01. The number of carbonyl (C=O) groups is 1. The van der Waals surface area contributed by atoms with Crippen molar-refractivity contribution in [3.63, 3.8) is 0 Å². The highest BCUT2D eigenvalue weighted by Crippen LogP contribution is 2.24. The van der Waals surface area contributed by atoms with Crippen LogP contribution in [-0.4, -0.2) is 25.3 Å². The van der Waals surface area contributed by atoms with E-state index in [0.717, 1.165) is 17.1 Å². The molecule has 22 heavy (non-hydrogen) atoms. The van der Waals surface area contributed by atoms with E-state index in [1.807, 2.05) is 55.6 Å². The Bertz CT molecular complexity index is 615. The normalized spacial score (nSPS) is 13.4. The molecule has 0 aliphatic rings. The fourth-order valence-corrected chi connectivity index (χ4v) is 2.84. The molecule has 0 spiro atoms. The van der Waals surface area contributed by atoms with Crippen molar-refractivity contribution in [1.29, 1.82) is 0 Å². The summed E-state index contributed by atoms with van der Waals surface area (Å²) in [4.78, 5) is 14.7.